The maximum absolute atomic E-state index is 11.9. The molecule has 0 aromatic rings. The molecule has 0 aliphatic heterocycles. The molecule has 0 bridgehead atoms. The number of thioether (sulfide) groups is 1. The van der Waals surface area contributed by atoms with Gasteiger partial charge in [0.15, 0.2) is 0 Å². The molecular weight excluding hydrogens is 299 g/mol. The van der Waals surface area contributed by atoms with Crippen LogP contribution in [0.5, 0.6) is 0 Å². The van der Waals surface area contributed by atoms with Crippen molar-refractivity contribution in [2.24, 2.45) is 5.92 Å². The lowest BCUT2D eigenvalue weighted by Gasteiger charge is -2.14. The van der Waals surface area contributed by atoms with Crippen LogP contribution in [0, 0.1) is 5.92 Å². The van der Waals surface area contributed by atoms with E-state index in [-0.39, 0.29) is 30.4 Å². The Morgan fingerprint density at radius 3 is 2.50 bits per heavy atom. The Morgan fingerprint density at radius 1 is 1.35 bits per heavy atom. The molecular formula is C13H25O5PS. The molecule has 0 aliphatic carbocycles. The topological polar surface area (TPSA) is 94.8 Å². The fourth-order valence-corrected chi connectivity index (χ4v) is 4.52. The molecule has 3 N–H and O–H groups in total. The number of allylic oxidation sites excluding steroid dienone is 1. The van der Waals surface area contributed by atoms with Gasteiger partial charge in [-0.3, -0.25) is 4.57 Å². The lowest BCUT2D eigenvalue weighted by atomic mass is 10.2. The summed E-state index contributed by atoms with van der Waals surface area (Å²) in [5, 5.41) is 17.7. The third-order valence-electron chi connectivity index (χ3n) is 2.46. The largest absolute Gasteiger partial charge is 0.478 e. The second-order valence-electron chi connectivity index (χ2n) is 5.09. The Hall–Kier alpha value is -0.290. The molecule has 0 saturated heterocycles. The van der Waals surface area contributed by atoms with E-state index in [4.69, 9.17) is 10.2 Å². The van der Waals surface area contributed by atoms with Gasteiger partial charge in [0.25, 0.3) is 0 Å². The summed E-state index contributed by atoms with van der Waals surface area (Å²) in [5.41, 5.74) is 0.0311. The first-order valence-corrected chi connectivity index (χ1v) is 9.88. The lowest BCUT2D eigenvalue weighted by molar-refractivity contribution is -0.132. The van der Waals surface area contributed by atoms with Crippen LogP contribution in [-0.4, -0.2) is 51.5 Å². The van der Waals surface area contributed by atoms with E-state index in [1.807, 2.05) is 13.8 Å². The predicted octanol–water partition coefficient (Wildman–Crippen LogP) is 2.43. The molecule has 0 radical (unpaired) electrons. The molecule has 5 nitrogen and oxygen atoms in total. The Labute approximate surface area is 124 Å². The molecule has 20 heavy (non-hydrogen) atoms. The Kier molecular flexibility index (Phi) is 10.3. The molecule has 1 atom stereocenters. The van der Waals surface area contributed by atoms with Gasteiger partial charge >= 0.3 is 5.97 Å². The number of aliphatic carboxylic acids is 1. The molecule has 0 heterocycles. The summed E-state index contributed by atoms with van der Waals surface area (Å²) in [6, 6.07) is 0. The number of carbonyl (C=O) groups is 1. The number of rotatable bonds is 11. The second kappa shape index (κ2) is 10.4. The summed E-state index contributed by atoms with van der Waals surface area (Å²) in [5.74, 6) is 0.462. The van der Waals surface area contributed by atoms with Gasteiger partial charge in [-0.2, -0.15) is 11.8 Å². The Bertz CT molecular complexity index is 368. The van der Waals surface area contributed by atoms with Gasteiger partial charge in [0, 0.05) is 17.5 Å². The minimum absolute atomic E-state index is 0.0311. The molecule has 7 heteroatoms. The van der Waals surface area contributed by atoms with Crippen molar-refractivity contribution in [3.8, 4) is 0 Å². The molecule has 0 aliphatic rings. The fraction of sp³-hybridized carbons (Fsp3) is 0.769. The van der Waals surface area contributed by atoms with Gasteiger partial charge in [0.05, 0.1) is 12.8 Å². The highest BCUT2D eigenvalue weighted by Crippen LogP contribution is 2.44. The normalized spacial score (nSPS) is 15.3. The molecule has 0 rings (SSSR count). The van der Waals surface area contributed by atoms with Gasteiger partial charge in [-0.25, -0.2) is 4.79 Å². The quantitative estimate of drug-likeness (QED) is 0.307. The van der Waals surface area contributed by atoms with Crippen LogP contribution in [0.2, 0.25) is 0 Å². The molecule has 1 unspecified atom stereocenters. The number of aliphatic hydroxyl groups excluding tert-OH is 1. The predicted molar refractivity (Wildman–Crippen MR) is 83.8 cm³/mol. The summed E-state index contributed by atoms with van der Waals surface area (Å²) >= 11 is 1.60. The van der Waals surface area contributed by atoms with E-state index < -0.39 is 13.3 Å². The van der Waals surface area contributed by atoms with Crippen molar-refractivity contribution in [3.63, 3.8) is 0 Å². The van der Waals surface area contributed by atoms with Gasteiger partial charge in [-0.05, 0) is 24.5 Å². The smallest absolute Gasteiger partial charge is 0.331 e. The average Bonchev–Trinajstić information content (AvgIpc) is 2.30. The van der Waals surface area contributed by atoms with Crippen LogP contribution in [0.15, 0.2) is 11.6 Å². The maximum atomic E-state index is 11.9. The number of aliphatic hydroxyl groups is 1. The van der Waals surface area contributed by atoms with E-state index in [0.29, 0.717) is 12.2 Å². The number of hydrogen-bond donors (Lipinski definition) is 3. The number of carboxylic acids is 1. The molecule has 0 saturated carbocycles. The monoisotopic (exact) mass is 324 g/mol. The van der Waals surface area contributed by atoms with E-state index in [1.54, 1.807) is 17.8 Å². The first kappa shape index (κ1) is 19.7. The maximum Gasteiger partial charge on any atom is 0.331 e. The van der Waals surface area contributed by atoms with Crippen molar-refractivity contribution < 1.29 is 24.5 Å². The number of hydrogen-bond acceptors (Lipinski definition) is 4. The second-order valence-corrected chi connectivity index (χ2v) is 8.69. The van der Waals surface area contributed by atoms with Crippen LogP contribution < -0.4 is 0 Å². The lowest BCUT2D eigenvalue weighted by Crippen LogP contribution is -2.09. The molecule has 0 amide bonds. The van der Waals surface area contributed by atoms with Crippen LogP contribution in [0.25, 0.3) is 0 Å². The highest BCUT2D eigenvalue weighted by Gasteiger charge is 2.24. The Balaban J connectivity index is 4.35. The standard InChI is InChI=1S/C13H25O5PS/c1-11(2)9-19(17,18)10-12(13(15)16)5-3-4-7-20-8-6-14/h5,11,14H,3-4,6-10H2,1-2H3,(H,15,16)(H,17,18)/b12-5-. The summed E-state index contributed by atoms with van der Waals surface area (Å²) in [6.07, 6.45) is 2.79. The summed E-state index contributed by atoms with van der Waals surface area (Å²) < 4.78 is 11.9. The molecule has 0 aromatic heterocycles. The minimum Gasteiger partial charge on any atom is -0.478 e. The van der Waals surface area contributed by atoms with Crippen molar-refractivity contribution in [2.75, 3.05) is 30.4 Å². The third kappa shape index (κ3) is 10.5. The van der Waals surface area contributed by atoms with Gasteiger partial charge in [0.1, 0.15) is 0 Å². The van der Waals surface area contributed by atoms with Gasteiger partial charge < -0.3 is 15.1 Å². The summed E-state index contributed by atoms with van der Waals surface area (Å²) in [4.78, 5) is 20.9. The molecule has 118 valence electrons. The highest BCUT2D eigenvalue weighted by atomic mass is 32.2. The van der Waals surface area contributed by atoms with Crippen molar-refractivity contribution in [1.29, 1.82) is 0 Å². The zero-order valence-corrected chi connectivity index (χ0v) is 13.8. The number of unbranched alkanes of at least 4 members (excludes halogenated alkanes) is 1. The van der Waals surface area contributed by atoms with E-state index in [9.17, 15) is 14.3 Å². The average molecular weight is 324 g/mol. The third-order valence-corrected chi connectivity index (χ3v) is 5.65. The van der Waals surface area contributed by atoms with Crippen LogP contribution >= 0.6 is 19.1 Å². The van der Waals surface area contributed by atoms with Crippen LogP contribution in [0.3, 0.4) is 0 Å². The van der Waals surface area contributed by atoms with E-state index in [2.05, 4.69) is 0 Å². The van der Waals surface area contributed by atoms with Gasteiger partial charge in [0.2, 0.25) is 7.37 Å². The number of carboxylic acid groups (broad SMARTS) is 1. The Morgan fingerprint density at radius 2 is 2.00 bits per heavy atom. The first-order valence-electron chi connectivity index (χ1n) is 6.70. The summed E-state index contributed by atoms with van der Waals surface area (Å²) in [6.45, 7) is 3.82. The van der Waals surface area contributed by atoms with Crippen molar-refractivity contribution >= 4 is 25.1 Å². The molecule has 0 spiro atoms. The van der Waals surface area contributed by atoms with Crippen molar-refractivity contribution in [2.45, 2.75) is 26.7 Å². The minimum atomic E-state index is -3.41. The SMILES string of the molecule is CC(C)CP(=O)(O)C/C(=C/CCCSCCO)C(=O)O. The van der Waals surface area contributed by atoms with Crippen molar-refractivity contribution in [3.05, 3.63) is 11.6 Å². The van der Waals surface area contributed by atoms with E-state index in [0.717, 1.165) is 12.2 Å². The van der Waals surface area contributed by atoms with Crippen molar-refractivity contribution in [1.82, 2.24) is 0 Å². The van der Waals surface area contributed by atoms with Gasteiger partial charge in [-0.15, -0.1) is 0 Å². The van der Waals surface area contributed by atoms with Gasteiger partial charge in [-0.1, -0.05) is 19.9 Å². The molecule has 0 aromatic carbocycles. The van der Waals surface area contributed by atoms with Crippen LogP contribution in [-0.2, 0) is 9.36 Å². The first-order chi connectivity index (χ1) is 9.28. The molecule has 0 fully saturated rings. The highest BCUT2D eigenvalue weighted by molar-refractivity contribution is 7.99. The zero-order valence-electron chi connectivity index (χ0n) is 12.1. The summed E-state index contributed by atoms with van der Waals surface area (Å²) in [7, 11) is -3.41. The van der Waals surface area contributed by atoms with Crippen LogP contribution in [0.1, 0.15) is 26.7 Å². The van der Waals surface area contributed by atoms with Crippen LogP contribution in [0.4, 0.5) is 0 Å². The fourth-order valence-electron chi connectivity index (χ4n) is 1.75. The zero-order chi connectivity index (χ0) is 15.6. The van der Waals surface area contributed by atoms with E-state index in [1.165, 1.54) is 0 Å². The van der Waals surface area contributed by atoms with E-state index >= 15 is 0 Å².